The third-order valence-corrected chi connectivity index (χ3v) is 15.1. The van der Waals surface area contributed by atoms with Crippen molar-refractivity contribution in [1.29, 1.82) is 0 Å². The molecule has 0 saturated heterocycles. The van der Waals surface area contributed by atoms with Crippen molar-refractivity contribution < 1.29 is 19.4 Å². The molecule has 0 aliphatic heterocycles. The molecule has 6 aliphatic carbocycles. The summed E-state index contributed by atoms with van der Waals surface area (Å²) in [5.41, 5.74) is 3.98. The van der Waals surface area contributed by atoms with Gasteiger partial charge in [0, 0.05) is 5.54 Å². The third-order valence-electron chi connectivity index (χ3n) is 15.1. The molecule has 10 atom stereocenters. The first kappa shape index (κ1) is 38.3. The third kappa shape index (κ3) is 6.97. The number of allylic oxidation sites excluding steroid dienone is 5. The number of nitrogens with one attached hydrogen (secondary N) is 1. The fourth-order valence-electron chi connectivity index (χ4n) is 12.7. The van der Waals surface area contributed by atoms with Crippen LogP contribution in [0.3, 0.4) is 0 Å². The molecule has 0 aromatic rings. The summed E-state index contributed by atoms with van der Waals surface area (Å²) >= 11 is 0. The van der Waals surface area contributed by atoms with E-state index in [1.807, 2.05) is 20.8 Å². The van der Waals surface area contributed by atoms with E-state index in [9.17, 15) is 19.4 Å². The van der Waals surface area contributed by atoms with Crippen LogP contribution in [0.15, 0.2) is 36.0 Å². The Kier molecular flexibility index (Phi) is 12.1. The minimum absolute atomic E-state index is 0.193. The highest BCUT2D eigenvalue weighted by molar-refractivity contribution is 5.70. The topological polar surface area (TPSA) is 69.6 Å². The maximum atomic E-state index is 11.5. The van der Waals surface area contributed by atoms with E-state index < -0.39 is 11.6 Å². The SMILES string of the molecule is C=CC.CC1C(C2=CCC(C(=O)O)CC2)=CCC2(C)C1CCC1(C)C2CCC2C3CCCC3(NCCCC(C)(C)O)CC[C@]21C.CF. The van der Waals surface area contributed by atoms with E-state index in [0.29, 0.717) is 41.3 Å². The largest absolute Gasteiger partial charge is 0.481 e. The minimum atomic E-state index is -0.627. The molecule has 0 aromatic heterocycles. The number of aliphatic hydroxyl groups is 1. The molecule has 0 bridgehead atoms. The van der Waals surface area contributed by atoms with Crippen molar-refractivity contribution in [3.05, 3.63) is 36.0 Å². The number of hydrogen-bond acceptors (Lipinski definition) is 3. The maximum Gasteiger partial charge on any atom is 0.306 e. The van der Waals surface area contributed by atoms with E-state index in [-0.39, 0.29) is 5.92 Å². The Morgan fingerprint density at radius 2 is 1.70 bits per heavy atom. The fraction of sp³-hybridized carbons (Fsp3) is 0.833. The number of halogens is 1. The second-order valence-corrected chi connectivity index (χ2v) is 17.8. The smallest absolute Gasteiger partial charge is 0.306 e. The zero-order valence-electron chi connectivity index (χ0n) is 31.4. The summed E-state index contributed by atoms with van der Waals surface area (Å²) in [4.78, 5) is 11.5. The van der Waals surface area contributed by atoms with Crippen LogP contribution in [-0.2, 0) is 4.79 Å². The Labute approximate surface area is 287 Å². The monoisotopic (exact) mass is 656 g/mol. The van der Waals surface area contributed by atoms with Gasteiger partial charge in [-0.05, 0) is 174 Å². The van der Waals surface area contributed by atoms with Gasteiger partial charge in [0.15, 0.2) is 0 Å². The van der Waals surface area contributed by atoms with E-state index in [0.717, 1.165) is 55.9 Å². The number of carboxylic acid groups (broad SMARTS) is 1. The zero-order valence-corrected chi connectivity index (χ0v) is 31.4. The van der Waals surface area contributed by atoms with Gasteiger partial charge in [0.25, 0.3) is 0 Å². The molecule has 4 saturated carbocycles. The lowest BCUT2D eigenvalue weighted by Gasteiger charge is -2.71. The van der Waals surface area contributed by atoms with Crippen molar-refractivity contribution in [2.45, 2.75) is 156 Å². The summed E-state index contributed by atoms with van der Waals surface area (Å²) in [6.45, 7) is 20.8. The van der Waals surface area contributed by atoms with Crippen molar-refractivity contribution >= 4 is 5.97 Å². The van der Waals surface area contributed by atoms with Gasteiger partial charge in [0.05, 0.1) is 18.7 Å². The Bertz CT molecular complexity index is 1170. The Hall–Kier alpha value is -1.46. The second-order valence-electron chi connectivity index (χ2n) is 17.8. The molecule has 6 aliphatic rings. The van der Waals surface area contributed by atoms with E-state index in [1.165, 1.54) is 69.8 Å². The van der Waals surface area contributed by atoms with Gasteiger partial charge in [-0.25, -0.2) is 0 Å². The molecule has 3 N–H and O–H groups in total. The fourth-order valence-corrected chi connectivity index (χ4v) is 12.7. The molecule has 47 heavy (non-hydrogen) atoms. The Morgan fingerprint density at radius 3 is 2.32 bits per heavy atom. The van der Waals surface area contributed by atoms with Crippen LogP contribution in [0.25, 0.3) is 0 Å². The quantitative estimate of drug-likeness (QED) is 0.189. The first-order valence-electron chi connectivity index (χ1n) is 19.2. The van der Waals surface area contributed by atoms with Crippen molar-refractivity contribution in [2.75, 3.05) is 13.7 Å². The number of fused-ring (bicyclic) bond motifs is 7. The molecular weight excluding hydrogens is 585 g/mol. The maximum absolute atomic E-state index is 11.5. The van der Waals surface area contributed by atoms with Crippen LogP contribution in [0.1, 0.15) is 145 Å². The minimum Gasteiger partial charge on any atom is -0.481 e. The molecule has 0 heterocycles. The molecular formula is C42H70FNO3. The summed E-state index contributed by atoms with van der Waals surface area (Å²) in [6, 6.07) is 0. The lowest BCUT2D eigenvalue weighted by Crippen LogP contribution is -2.67. The molecule has 0 radical (unpaired) electrons. The highest BCUT2D eigenvalue weighted by Crippen LogP contribution is 2.75. The van der Waals surface area contributed by atoms with Gasteiger partial charge < -0.3 is 15.5 Å². The normalized spacial score (nSPS) is 42.3. The van der Waals surface area contributed by atoms with Gasteiger partial charge in [-0.2, -0.15) is 0 Å². The van der Waals surface area contributed by atoms with Crippen LogP contribution in [0.5, 0.6) is 0 Å². The highest BCUT2D eigenvalue weighted by Gasteiger charge is 2.68. The predicted octanol–water partition coefficient (Wildman–Crippen LogP) is 10.5. The number of carboxylic acids is 1. The molecule has 6 rings (SSSR count). The lowest BCUT2D eigenvalue weighted by atomic mass is 9.34. The van der Waals surface area contributed by atoms with Crippen LogP contribution in [0.2, 0.25) is 0 Å². The standard InChI is InChI=1S/C38H61NO3.C3H6.CH3F/c1-25-28(26-10-12-27(13-11-26)33(40)41)16-20-35(4)29(25)17-21-37(6)32(35)15-14-30-31-9-7-19-38(31,23-22-36(30,37)5)39-24-8-18-34(2,3)42;1-3-2;1-2/h10,16,25,27,29-32,39,42H,7-9,11-15,17-24H2,1-6H3,(H,40,41);3H,1H2,2H3;1H3/t25?,27?,29?,30?,31?,32?,35?,36-,37?,38?;;/m1../s1. The molecule has 0 amide bonds. The number of rotatable bonds is 7. The van der Waals surface area contributed by atoms with Gasteiger partial charge in [-0.15, -0.1) is 6.58 Å². The molecule has 4 fully saturated rings. The molecule has 5 heteroatoms. The molecule has 4 nitrogen and oxygen atoms in total. The molecule has 0 spiro atoms. The van der Waals surface area contributed by atoms with Crippen LogP contribution in [-0.4, -0.2) is 41.0 Å². The summed E-state index contributed by atoms with van der Waals surface area (Å²) in [7, 11) is 0.500. The van der Waals surface area contributed by atoms with Crippen LogP contribution >= 0.6 is 0 Å². The van der Waals surface area contributed by atoms with Gasteiger partial charge in [-0.1, -0.05) is 52.3 Å². The first-order chi connectivity index (χ1) is 22.2. The Balaban J connectivity index is 0.000000947. The van der Waals surface area contributed by atoms with Gasteiger partial charge in [0.1, 0.15) is 0 Å². The van der Waals surface area contributed by atoms with Gasteiger partial charge in [0.2, 0.25) is 0 Å². The molecule has 9 unspecified atom stereocenters. The summed E-state index contributed by atoms with van der Waals surface area (Å²) in [5.74, 6) is 2.93. The number of aliphatic carboxylic acids is 1. The number of alkyl halides is 1. The van der Waals surface area contributed by atoms with E-state index >= 15 is 0 Å². The van der Waals surface area contributed by atoms with Crippen molar-refractivity contribution in [3.63, 3.8) is 0 Å². The lowest BCUT2D eigenvalue weighted by molar-refractivity contribution is -0.212. The van der Waals surface area contributed by atoms with Gasteiger partial charge >= 0.3 is 5.97 Å². The molecule has 268 valence electrons. The number of carbonyl (C=O) groups is 1. The summed E-state index contributed by atoms with van der Waals surface area (Å²) < 4.78 is 9.50. The second kappa shape index (κ2) is 14.8. The average molecular weight is 656 g/mol. The van der Waals surface area contributed by atoms with Crippen molar-refractivity contribution in [1.82, 2.24) is 5.32 Å². The summed E-state index contributed by atoms with van der Waals surface area (Å²) in [5, 5.41) is 23.9. The van der Waals surface area contributed by atoms with Crippen molar-refractivity contribution in [3.8, 4) is 0 Å². The number of hydrogen-bond donors (Lipinski definition) is 3. The highest BCUT2D eigenvalue weighted by atomic mass is 19.1. The first-order valence-corrected chi connectivity index (χ1v) is 19.2. The molecule has 0 aromatic carbocycles. The van der Waals surface area contributed by atoms with Crippen molar-refractivity contribution in [2.24, 2.45) is 51.8 Å². The van der Waals surface area contributed by atoms with E-state index in [2.05, 4.69) is 51.7 Å². The van der Waals surface area contributed by atoms with E-state index in [1.54, 1.807) is 11.6 Å². The van der Waals surface area contributed by atoms with E-state index in [4.69, 9.17) is 0 Å². The average Bonchev–Trinajstić information content (AvgIpc) is 3.45. The predicted molar refractivity (Wildman–Crippen MR) is 194 cm³/mol. The van der Waals surface area contributed by atoms with Crippen LogP contribution in [0, 0.1) is 51.8 Å². The van der Waals surface area contributed by atoms with Crippen LogP contribution in [0.4, 0.5) is 4.39 Å². The summed E-state index contributed by atoms with van der Waals surface area (Å²) in [6.07, 6.45) is 24.6. The van der Waals surface area contributed by atoms with Crippen LogP contribution < -0.4 is 5.32 Å². The Morgan fingerprint density at radius 1 is 1.00 bits per heavy atom. The zero-order chi connectivity index (χ0) is 34.8. The van der Waals surface area contributed by atoms with Gasteiger partial charge in [-0.3, -0.25) is 9.18 Å².